The second-order valence-corrected chi connectivity index (χ2v) is 8.63. The average molecular weight is 375 g/mol. The third-order valence-corrected chi connectivity index (χ3v) is 6.35. The van der Waals surface area contributed by atoms with Gasteiger partial charge in [0.1, 0.15) is 5.75 Å². The minimum Gasteiger partial charge on any atom is -0.497 e. The predicted molar refractivity (Wildman–Crippen MR) is 106 cm³/mol. The van der Waals surface area contributed by atoms with Crippen molar-refractivity contribution in [1.29, 1.82) is 0 Å². The first kappa shape index (κ1) is 18.6. The molecule has 1 N–H and O–H groups in total. The van der Waals surface area contributed by atoms with Crippen LogP contribution in [0.25, 0.3) is 0 Å². The summed E-state index contributed by atoms with van der Waals surface area (Å²) >= 11 is 0. The van der Waals surface area contributed by atoms with Crippen LogP contribution in [0, 0.1) is 12.8 Å². The highest BCUT2D eigenvalue weighted by atomic mass is 32.2. The summed E-state index contributed by atoms with van der Waals surface area (Å²) in [5.74, 6) is 1.33. The summed E-state index contributed by atoms with van der Waals surface area (Å²) in [5.41, 5.74) is 2.35. The van der Waals surface area contributed by atoms with Gasteiger partial charge in [-0.25, -0.2) is 8.42 Å². The molecule has 1 aliphatic heterocycles. The van der Waals surface area contributed by atoms with Gasteiger partial charge in [0.2, 0.25) is 0 Å². The molecule has 1 aliphatic rings. The van der Waals surface area contributed by atoms with E-state index in [0.29, 0.717) is 22.9 Å². The van der Waals surface area contributed by atoms with Crippen LogP contribution in [-0.4, -0.2) is 28.6 Å². The van der Waals surface area contributed by atoms with Crippen LogP contribution in [0.4, 0.5) is 11.4 Å². The summed E-state index contributed by atoms with van der Waals surface area (Å²) in [4.78, 5) is 2.62. The summed E-state index contributed by atoms with van der Waals surface area (Å²) in [5, 5.41) is 0. The monoisotopic (exact) mass is 374 g/mol. The van der Waals surface area contributed by atoms with E-state index in [1.54, 1.807) is 32.2 Å². The maximum Gasteiger partial charge on any atom is 0.262 e. The molecule has 0 bridgehead atoms. The lowest BCUT2D eigenvalue weighted by Gasteiger charge is -2.32. The zero-order valence-corrected chi connectivity index (χ0v) is 16.3. The third-order valence-electron chi connectivity index (χ3n) is 4.81. The van der Waals surface area contributed by atoms with Crippen molar-refractivity contribution in [2.24, 2.45) is 5.92 Å². The molecule has 5 nitrogen and oxygen atoms in total. The van der Waals surface area contributed by atoms with Gasteiger partial charge in [-0.05, 0) is 73.7 Å². The maximum absolute atomic E-state index is 12.7. The van der Waals surface area contributed by atoms with Crippen molar-refractivity contribution in [3.8, 4) is 5.75 Å². The highest BCUT2D eigenvalue weighted by Crippen LogP contribution is 2.26. The van der Waals surface area contributed by atoms with Gasteiger partial charge in [0.15, 0.2) is 0 Å². The Morgan fingerprint density at radius 1 is 1.15 bits per heavy atom. The van der Waals surface area contributed by atoms with Gasteiger partial charge in [0.05, 0.1) is 12.0 Å². The average Bonchev–Trinajstić information content (AvgIpc) is 2.61. The number of nitrogens with zero attached hydrogens (tertiary/aromatic N) is 1. The van der Waals surface area contributed by atoms with Crippen molar-refractivity contribution >= 4 is 21.4 Å². The van der Waals surface area contributed by atoms with Gasteiger partial charge in [0, 0.05) is 24.5 Å². The predicted octanol–water partition coefficient (Wildman–Crippen LogP) is 4.04. The number of methoxy groups -OCH3 is 1. The SMILES string of the molecule is COc1ccc(S(=O)(=O)Nc2ccc(N3CCCC(C)C3)cc2)c(C)c1. The van der Waals surface area contributed by atoms with Crippen LogP contribution in [0.2, 0.25) is 0 Å². The molecular formula is C20H26N2O3S. The van der Waals surface area contributed by atoms with Gasteiger partial charge in [-0.3, -0.25) is 4.72 Å². The Kier molecular flexibility index (Phi) is 5.41. The van der Waals surface area contributed by atoms with E-state index in [1.807, 2.05) is 24.3 Å². The van der Waals surface area contributed by atoms with Crippen molar-refractivity contribution < 1.29 is 13.2 Å². The molecule has 1 heterocycles. The van der Waals surface area contributed by atoms with Gasteiger partial charge in [0.25, 0.3) is 10.0 Å². The molecule has 3 rings (SSSR count). The van der Waals surface area contributed by atoms with Crippen molar-refractivity contribution in [2.45, 2.75) is 31.6 Å². The van der Waals surface area contributed by atoms with Crippen LogP contribution in [0.1, 0.15) is 25.3 Å². The standard InChI is InChI=1S/C20H26N2O3S/c1-15-5-4-12-22(14-15)18-8-6-17(7-9-18)21-26(23,24)20-11-10-19(25-3)13-16(20)2/h6-11,13,15,21H,4-5,12,14H2,1-3H3. The van der Waals surface area contributed by atoms with E-state index >= 15 is 0 Å². The molecule has 2 aromatic carbocycles. The summed E-state index contributed by atoms with van der Waals surface area (Å²) in [6.07, 6.45) is 2.47. The Hall–Kier alpha value is -2.21. The van der Waals surface area contributed by atoms with E-state index in [2.05, 4.69) is 16.5 Å². The Labute approximate surface area is 156 Å². The van der Waals surface area contributed by atoms with E-state index < -0.39 is 10.0 Å². The number of aryl methyl sites for hydroxylation is 1. The molecule has 0 aliphatic carbocycles. The molecular weight excluding hydrogens is 348 g/mol. The summed E-state index contributed by atoms with van der Waals surface area (Å²) in [6, 6.07) is 12.6. The zero-order chi connectivity index (χ0) is 18.7. The second kappa shape index (κ2) is 7.58. The number of hydrogen-bond donors (Lipinski definition) is 1. The Balaban J connectivity index is 1.76. The molecule has 1 saturated heterocycles. The maximum atomic E-state index is 12.7. The Morgan fingerprint density at radius 2 is 1.88 bits per heavy atom. The summed E-state index contributed by atoms with van der Waals surface area (Å²) < 4.78 is 33.2. The van der Waals surface area contributed by atoms with E-state index in [4.69, 9.17) is 4.74 Å². The molecule has 0 amide bonds. The van der Waals surface area contributed by atoms with Crippen molar-refractivity contribution in [1.82, 2.24) is 0 Å². The normalized spacial score (nSPS) is 17.8. The molecule has 6 heteroatoms. The number of anilines is 2. The van der Waals surface area contributed by atoms with Crippen molar-refractivity contribution in [3.05, 3.63) is 48.0 Å². The van der Waals surface area contributed by atoms with Crippen LogP contribution >= 0.6 is 0 Å². The molecule has 0 saturated carbocycles. The number of sulfonamides is 1. The minimum atomic E-state index is -3.63. The van der Waals surface area contributed by atoms with Crippen LogP contribution < -0.4 is 14.4 Å². The lowest BCUT2D eigenvalue weighted by molar-refractivity contribution is 0.414. The molecule has 140 valence electrons. The van der Waals surface area contributed by atoms with Crippen LogP contribution in [-0.2, 0) is 10.0 Å². The summed E-state index contributed by atoms with van der Waals surface area (Å²) in [7, 11) is -2.07. The van der Waals surface area contributed by atoms with Crippen molar-refractivity contribution in [2.75, 3.05) is 29.8 Å². The van der Waals surface area contributed by atoms with Gasteiger partial charge in [-0.1, -0.05) is 6.92 Å². The van der Waals surface area contributed by atoms with E-state index in [1.165, 1.54) is 12.8 Å². The molecule has 0 spiro atoms. The quantitative estimate of drug-likeness (QED) is 0.858. The first-order valence-corrected chi connectivity index (χ1v) is 10.4. The topological polar surface area (TPSA) is 58.6 Å². The molecule has 0 aromatic heterocycles. The third kappa shape index (κ3) is 4.12. The second-order valence-electron chi connectivity index (χ2n) is 6.98. The van der Waals surface area contributed by atoms with Crippen molar-refractivity contribution in [3.63, 3.8) is 0 Å². The van der Waals surface area contributed by atoms with E-state index in [-0.39, 0.29) is 4.90 Å². The lowest BCUT2D eigenvalue weighted by atomic mass is 10.00. The van der Waals surface area contributed by atoms with Gasteiger partial charge >= 0.3 is 0 Å². The van der Waals surface area contributed by atoms with E-state index in [9.17, 15) is 8.42 Å². The van der Waals surface area contributed by atoms with Crippen LogP contribution in [0.5, 0.6) is 5.75 Å². The Morgan fingerprint density at radius 3 is 2.50 bits per heavy atom. The highest BCUT2D eigenvalue weighted by molar-refractivity contribution is 7.92. The number of benzene rings is 2. The molecule has 1 fully saturated rings. The Bertz CT molecular complexity index is 863. The first-order chi connectivity index (χ1) is 12.4. The number of rotatable bonds is 5. The fraction of sp³-hybridized carbons (Fsp3) is 0.400. The molecule has 2 aromatic rings. The van der Waals surface area contributed by atoms with Gasteiger partial charge in [-0.15, -0.1) is 0 Å². The van der Waals surface area contributed by atoms with Crippen LogP contribution in [0.15, 0.2) is 47.4 Å². The minimum absolute atomic E-state index is 0.257. The zero-order valence-electron chi connectivity index (χ0n) is 15.5. The molecule has 26 heavy (non-hydrogen) atoms. The molecule has 0 radical (unpaired) electrons. The number of hydrogen-bond acceptors (Lipinski definition) is 4. The van der Waals surface area contributed by atoms with E-state index in [0.717, 1.165) is 18.8 Å². The smallest absolute Gasteiger partial charge is 0.262 e. The number of piperidine rings is 1. The molecule has 1 atom stereocenters. The first-order valence-electron chi connectivity index (χ1n) is 8.91. The molecule has 1 unspecified atom stereocenters. The van der Waals surface area contributed by atoms with Crippen LogP contribution in [0.3, 0.4) is 0 Å². The van der Waals surface area contributed by atoms with Gasteiger partial charge in [-0.2, -0.15) is 0 Å². The summed E-state index contributed by atoms with van der Waals surface area (Å²) in [6.45, 7) is 6.14. The number of ether oxygens (including phenoxy) is 1. The lowest BCUT2D eigenvalue weighted by Crippen LogP contribution is -2.34. The largest absolute Gasteiger partial charge is 0.497 e. The van der Waals surface area contributed by atoms with Gasteiger partial charge < -0.3 is 9.64 Å². The highest BCUT2D eigenvalue weighted by Gasteiger charge is 2.19. The fourth-order valence-electron chi connectivity index (χ4n) is 3.42. The number of nitrogens with one attached hydrogen (secondary N) is 1. The fourth-order valence-corrected chi connectivity index (χ4v) is 4.71.